The monoisotopic (exact) mass is 292 g/mol. The number of aromatic nitrogens is 1. The molecule has 0 radical (unpaired) electrons. The lowest BCUT2D eigenvalue weighted by molar-refractivity contribution is 0.0918. The molecule has 0 atom stereocenters. The standard InChI is InChI=1S/C14H16N2O3S/c1-10(2)9-18-6-5-15-14(17)11-8-12(19-16-11)13-4-3-7-20-13/h3-4,7-8H,1,5-6,9H2,2H3,(H,15,17). The van der Waals surface area contributed by atoms with E-state index in [4.69, 9.17) is 9.26 Å². The van der Waals surface area contributed by atoms with Crippen molar-refractivity contribution in [3.05, 3.63) is 41.4 Å². The fourth-order valence-corrected chi connectivity index (χ4v) is 2.16. The molecule has 0 aliphatic rings. The first-order valence-electron chi connectivity index (χ1n) is 6.17. The van der Waals surface area contributed by atoms with Gasteiger partial charge in [-0.05, 0) is 18.4 Å². The van der Waals surface area contributed by atoms with Gasteiger partial charge in [0.15, 0.2) is 11.5 Å². The van der Waals surface area contributed by atoms with Crippen molar-refractivity contribution in [1.82, 2.24) is 10.5 Å². The summed E-state index contributed by atoms with van der Waals surface area (Å²) >= 11 is 1.53. The Morgan fingerprint density at radius 2 is 2.45 bits per heavy atom. The molecule has 0 spiro atoms. The van der Waals surface area contributed by atoms with Crippen LogP contribution in [0.15, 0.2) is 40.3 Å². The van der Waals surface area contributed by atoms with Gasteiger partial charge in [0.1, 0.15) is 0 Å². The van der Waals surface area contributed by atoms with Gasteiger partial charge in [0.25, 0.3) is 5.91 Å². The highest BCUT2D eigenvalue weighted by Gasteiger charge is 2.13. The number of nitrogens with zero attached hydrogens (tertiary/aromatic N) is 1. The Morgan fingerprint density at radius 3 is 3.15 bits per heavy atom. The molecule has 20 heavy (non-hydrogen) atoms. The molecule has 1 amide bonds. The van der Waals surface area contributed by atoms with Crippen molar-refractivity contribution in [3.8, 4) is 10.6 Å². The van der Waals surface area contributed by atoms with E-state index >= 15 is 0 Å². The van der Waals surface area contributed by atoms with Gasteiger partial charge < -0.3 is 14.6 Å². The van der Waals surface area contributed by atoms with E-state index in [-0.39, 0.29) is 11.6 Å². The normalized spacial score (nSPS) is 10.4. The van der Waals surface area contributed by atoms with Crippen molar-refractivity contribution >= 4 is 17.2 Å². The van der Waals surface area contributed by atoms with Gasteiger partial charge in [-0.25, -0.2) is 0 Å². The van der Waals surface area contributed by atoms with Gasteiger partial charge in [-0.2, -0.15) is 0 Å². The summed E-state index contributed by atoms with van der Waals surface area (Å²) < 4.78 is 10.4. The van der Waals surface area contributed by atoms with Gasteiger partial charge in [-0.3, -0.25) is 4.79 Å². The van der Waals surface area contributed by atoms with Crippen molar-refractivity contribution in [3.63, 3.8) is 0 Å². The molecular weight excluding hydrogens is 276 g/mol. The average molecular weight is 292 g/mol. The second kappa shape index (κ2) is 7.02. The van der Waals surface area contributed by atoms with Crippen molar-refractivity contribution in [2.45, 2.75) is 6.92 Å². The minimum Gasteiger partial charge on any atom is -0.375 e. The quantitative estimate of drug-likeness (QED) is 0.629. The van der Waals surface area contributed by atoms with E-state index < -0.39 is 0 Å². The maximum absolute atomic E-state index is 11.8. The van der Waals surface area contributed by atoms with Crippen molar-refractivity contribution in [1.29, 1.82) is 0 Å². The van der Waals surface area contributed by atoms with Crippen LogP contribution in [-0.2, 0) is 4.74 Å². The van der Waals surface area contributed by atoms with Gasteiger partial charge >= 0.3 is 0 Å². The summed E-state index contributed by atoms with van der Waals surface area (Å²) in [6, 6.07) is 5.47. The summed E-state index contributed by atoms with van der Waals surface area (Å²) in [6.45, 7) is 6.98. The highest BCUT2D eigenvalue weighted by molar-refractivity contribution is 7.13. The minimum absolute atomic E-state index is 0.268. The zero-order chi connectivity index (χ0) is 14.4. The molecule has 2 heterocycles. The van der Waals surface area contributed by atoms with Crippen LogP contribution in [0, 0.1) is 0 Å². The molecule has 2 aromatic rings. The van der Waals surface area contributed by atoms with Crippen LogP contribution in [0.25, 0.3) is 10.6 Å². The first-order valence-corrected chi connectivity index (χ1v) is 7.05. The van der Waals surface area contributed by atoms with Crippen LogP contribution in [-0.4, -0.2) is 30.8 Å². The maximum Gasteiger partial charge on any atom is 0.273 e. The third-order valence-electron chi connectivity index (χ3n) is 2.39. The van der Waals surface area contributed by atoms with Crippen LogP contribution in [0.5, 0.6) is 0 Å². The number of amides is 1. The highest BCUT2D eigenvalue weighted by Crippen LogP contribution is 2.24. The Kier molecular flexibility index (Phi) is 5.09. The van der Waals surface area contributed by atoms with E-state index in [2.05, 4.69) is 17.1 Å². The Bertz CT molecular complexity index is 575. The molecule has 2 rings (SSSR count). The summed E-state index contributed by atoms with van der Waals surface area (Å²) in [7, 11) is 0. The summed E-state index contributed by atoms with van der Waals surface area (Å²) in [6.07, 6.45) is 0. The number of carbonyl (C=O) groups is 1. The predicted octanol–water partition coefficient (Wildman–Crippen LogP) is 2.73. The number of ether oxygens (including phenoxy) is 1. The zero-order valence-corrected chi connectivity index (χ0v) is 12.0. The predicted molar refractivity (Wildman–Crippen MR) is 77.8 cm³/mol. The molecule has 0 bridgehead atoms. The lowest BCUT2D eigenvalue weighted by Gasteiger charge is -2.04. The summed E-state index contributed by atoms with van der Waals surface area (Å²) in [5, 5.41) is 8.42. The van der Waals surface area contributed by atoms with Crippen LogP contribution in [0.4, 0.5) is 0 Å². The second-order valence-electron chi connectivity index (χ2n) is 4.32. The summed E-state index contributed by atoms with van der Waals surface area (Å²) in [5.41, 5.74) is 1.22. The molecule has 0 saturated carbocycles. The lowest BCUT2D eigenvalue weighted by Crippen LogP contribution is -2.27. The van der Waals surface area contributed by atoms with E-state index in [0.29, 0.717) is 25.5 Å². The van der Waals surface area contributed by atoms with Crippen molar-refractivity contribution in [2.24, 2.45) is 0 Å². The van der Waals surface area contributed by atoms with Gasteiger partial charge in [-0.15, -0.1) is 11.3 Å². The molecule has 0 aromatic carbocycles. The maximum atomic E-state index is 11.8. The zero-order valence-electron chi connectivity index (χ0n) is 11.2. The Hall–Kier alpha value is -1.92. The summed E-state index contributed by atoms with van der Waals surface area (Å²) in [5.74, 6) is 0.333. The number of hydrogen-bond donors (Lipinski definition) is 1. The molecule has 0 saturated heterocycles. The third-order valence-corrected chi connectivity index (χ3v) is 3.27. The SMILES string of the molecule is C=C(C)COCCNC(=O)c1cc(-c2cccs2)on1. The highest BCUT2D eigenvalue weighted by atomic mass is 32.1. The Morgan fingerprint density at radius 1 is 1.60 bits per heavy atom. The van der Waals surface area contributed by atoms with Gasteiger partial charge in [0.05, 0.1) is 18.1 Å². The fraction of sp³-hybridized carbons (Fsp3) is 0.286. The van der Waals surface area contributed by atoms with E-state index in [0.717, 1.165) is 10.5 Å². The largest absolute Gasteiger partial charge is 0.375 e. The molecule has 0 aliphatic heterocycles. The molecule has 0 fully saturated rings. The number of nitrogens with one attached hydrogen (secondary N) is 1. The molecule has 0 unspecified atom stereocenters. The molecular formula is C14H16N2O3S. The van der Waals surface area contributed by atoms with Crippen LogP contribution < -0.4 is 5.32 Å². The Labute approximate surface area is 121 Å². The molecule has 106 valence electrons. The first kappa shape index (κ1) is 14.5. The topological polar surface area (TPSA) is 64.4 Å². The van der Waals surface area contributed by atoms with E-state index in [1.807, 2.05) is 24.4 Å². The molecule has 0 aliphatic carbocycles. The van der Waals surface area contributed by atoms with Crippen LogP contribution in [0.3, 0.4) is 0 Å². The molecule has 2 aromatic heterocycles. The van der Waals surface area contributed by atoms with E-state index in [1.165, 1.54) is 11.3 Å². The lowest BCUT2D eigenvalue weighted by atomic mass is 10.3. The fourth-order valence-electron chi connectivity index (χ4n) is 1.49. The van der Waals surface area contributed by atoms with Gasteiger partial charge in [0.2, 0.25) is 0 Å². The van der Waals surface area contributed by atoms with Crippen LogP contribution >= 0.6 is 11.3 Å². The number of hydrogen-bond acceptors (Lipinski definition) is 5. The molecule has 1 N–H and O–H groups in total. The smallest absolute Gasteiger partial charge is 0.273 e. The van der Waals surface area contributed by atoms with E-state index in [9.17, 15) is 4.79 Å². The van der Waals surface area contributed by atoms with Crippen LogP contribution in [0.1, 0.15) is 17.4 Å². The van der Waals surface area contributed by atoms with Gasteiger partial charge in [0, 0.05) is 12.6 Å². The van der Waals surface area contributed by atoms with E-state index in [1.54, 1.807) is 6.07 Å². The second-order valence-corrected chi connectivity index (χ2v) is 5.27. The number of carbonyl (C=O) groups excluding carboxylic acids is 1. The third kappa shape index (κ3) is 4.04. The van der Waals surface area contributed by atoms with Crippen molar-refractivity contribution in [2.75, 3.05) is 19.8 Å². The number of rotatable bonds is 7. The number of thiophene rings is 1. The molecule has 5 nitrogen and oxygen atoms in total. The minimum atomic E-state index is -0.268. The van der Waals surface area contributed by atoms with Crippen molar-refractivity contribution < 1.29 is 14.1 Å². The van der Waals surface area contributed by atoms with Crippen LogP contribution in [0.2, 0.25) is 0 Å². The average Bonchev–Trinajstić information content (AvgIpc) is 3.08. The van der Waals surface area contributed by atoms with Gasteiger partial charge in [-0.1, -0.05) is 23.4 Å². The first-order chi connectivity index (χ1) is 9.66. The Balaban J connectivity index is 1.80. The summed E-state index contributed by atoms with van der Waals surface area (Å²) in [4.78, 5) is 12.8. The molecule has 6 heteroatoms.